The van der Waals surface area contributed by atoms with Gasteiger partial charge in [0.25, 0.3) is 0 Å². The van der Waals surface area contributed by atoms with Crippen molar-refractivity contribution in [3.8, 4) is 0 Å². The fourth-order valence-corrected chi connectivity index (χ4v) is 2.08. The molecular formula is C13H19ClFNO. The SMILES string of the molecule is CC(C)(N)C(C)(CCO)c1ccc(F)c(Cl)c1. The van der Waals surface area contributed by atoms with Crippen molar-refractivity contribution in [2.75, 3.05) is 6.61 Å². The molecule has 1 unspecified atom stereocenters. The smallest absolute Gasteiger partial charge is 0.141 e. The number of aliphatic hydroxyl groups is 1. The molecule has 0 aliphatic heterocycles. The minimum Gasteiger partial charge on any atom is -0.396 e. The van der Waals surface area contributed by atoms with Gasteiger partial charge in [-0.1, -0.05) is 24.6 Å². The average molecular weight is 260 g/mol. The maximum absolute atomic E-state index is 13.2. The average Bonchev–Trinajstić information content (AvgIpc) is 2.20. The first-order chi connectivity index (χ1) is 7.72. The van der Waals surface area contributed by atoms with E-state index in [2.05, 4.69) is 0 Å². The highest BCUT2D eigenvalue weighted by atomic mass is 35.5. The van der Waals surface area contributed by atoms with Crippen LogP contribution in [0.5, 0.6) is 0 Å². The zero-order chi connectivity index (χ0) is 13.3. The van der Waals surface area contributed by atoms with E-state index in [1.54, 1.807) is 12.1 Å². The van der Waals surface area contributed by atoms with E-state index in [0.29, 0.717) is 6.42 Å². The second-order valence-corrected chi connectivity index (χ2v) is 5.56. The van der Waals surface area contributed by atoms with Crippen molar-refractivity contribution in [2.24, 2.45) is 5.73 Å². The zero-order valence-corrected chi connectivity index (χ0v) is 11.2. The van der Waals surface area contributed by atoms with Crippen molar-refractivity contribution in [1.29, 1.82) is 0 Å². The summed E-state index contributed by atoms with van der Waals surface area (Å²) in [4.78, 5) is 0. The Labute approximate surface area is 107 Å². The largest absolute Gasteiger partial charge is 0.396 e. The van der Waals surface area contributed by atoms with E-state index in [0.717, 1.165) is 5.56 Å². The van der Waals surface area contributed by atoms with E-state index in [4.69, 9.17) is 17.3 Å². The summed E-state index contributed by atoms with van der Waals surface area (Å²) in [5.74, 6) is -0.448. The Morgan fingerprint density at radius 1 is 1.35 bits per heavy atom. The highest BCUT2D eigenvalue weighted by Crippen LogP contribution is 2.38. The predicted molar refractivity (Wildman–Crippen MR) is 68.7 cm³/mol. The second kappa shape index (κ2) is 4.92. The van der Waals surface area contributed by atoms with Gasteiger partial charge in [-0.25, -0.2) is 4.39 Å². The van der Waals surface area contributed by atoms with E-state index in [1.165, 1.54) is 6.07 Å². The van der Waals surface area contributed by atoms with Crippen molar-refractivity contribution < 1.29 is 9.50 Å². The third-order valence-electron chi connectivity index (χ3n) is 3.59. The van der Waals surface area contributed by atoms with Gasteiger partial charge in [-0.15, -0.1) is 0 Å². The van der Waals surface area contributed by atoms with Crippen LogP contribution in [-0.2, 0) is 5.41 Å². The van der Waals surface area contributed by atoms with Gasteiger partial charge in [0.1, 0.15) is 5.82 Å². The van der Waals surface area contributed by atoms with Gasteiger partial charge in [-0.3, -0.25) is 0 Å². The molecule has 1 aromatic rings. The van der Waals surface area contributed by atoms with Crippen LogP contribution in [0.1, 0.15) is 32.8 Å². The third-order valence-corrected chi connectivity index (χ3v) is 3.88. The van der Waals surface area contributed by atoms with Gasteiger partial charge in [0, 0.05) is 17.6 Å². The van der Waals surface area contributed by atoms with E-state index < -0.39 is 16.8 Å². The Balaban J connectivity index is 3.28. The van der Waals surface area contributed by atoms with Gasteiger partial charge in [0.05, 0.1) is 5.02 Å². The van der Waals surface area contributed by atoms with Gasteiger partial charge in [-0.2, -0.15) is 0 Å². The zero-order valence-electron chi connectivity index (χ0n) is 10.4. The van der Waals surface area contributed by atoms with Crippen LogP contribution in [0.4, 0.5) is 4.39 Å². The predicted octanol–water partition coefficient (Wildman–Crippen LogP) is 2.86. The highest BCUT2D eigenvalue weighted by Gasteiger charge is 2.39. The number of aliphatic hydroxyl groups excluding tert-OH is 1. The number of nitrogens with two attached hydrogens (primary N) is 1. The van der Waals surface area contributed by atoms with E-state index >= 15 is 0 Å². The molecular weight excluding hydrogens is 241 g/mol. The molecule has 0 aliphatic carbocycles. The second-order valence-electron chi connectivity index (χ2n) is 5.16. The molecule has 2 nitrogen and oxygen atoms in total. The number of benzene rings is 1. The summed E-state index contributed by atoms with van der Waals surface area (Å²) in [7, 11) is 0. The first kappa shape index (κ1) is 14.4. The van der Waals surface area contributed by atoms with Crippen LogP contribution >= 0.6 is 11.6 Å². The lowest BCUT2D eigenvalue weighted by molar-refractivity contribution is 0.190. The van der Waals surface area contributed by atoms with Gasteiger partial charge in [0.15, 0.2) is 0 Å². The molecule has 0 fully saturated rings. The van der Waals surface area contributed by atoms with Crippen LogP contribution in [0.15, 0.2) is 18.2 Å². The normalized spacial score (nSPS) is 15.7. The number of hydrogen-bond acceptors (Lipinski definition) is 2. The van der Waals surface area contributed by atoms with Gasteiger partial charge >= 0.3 is 0 Å². The van der Waals surface area contributed by atoms with Gasteiger partial charge in [0.2, 0.25) is 0 Å². The Hall–Kier alpha value is -0.640. The third kappa shape index (κ3) is 2.79. The van der Waals surface area contributed by atoms with Crippen LogP contribution in [-0.4, -0.2) is 17.3 Å². The first-order valence-electron chi connectivity index (χ1n) is 5.57. The molecule has 17 heavy (non-hydrogen) atoms. The lowest BCUT2D eigenvalue weighted by Gasteiger charge is -2.42. The summed E-state index contributed by atoms with van der Waals surface area (Å²) < 4.78 is 13.2. The monoisotopic (exact) mass is 259 g/mol. The van der Waals surface area contributed by atoms with E-state index in [1.807, 2.05) is 20.8 Å². The van der Waals surface area contributed by atoms with E-state index in [-0.39, 0.29) is 11.6 Å². The van der Waals surface area contributed by atoms with Crippen LogP contribution in [0.3, 0.4) is 0 Å². The van der Waals surface area contributed by atoms with Gasteiger partial charge < -0.3 is 10.8 Å². The summed E-state index contributed by atoms with van der Waals surface area (Å²) in [6.45, 7) is 5.75. The van der Waals surface area contributed by atoms with Crippen molar-refractivity contribution in [3.63, 3.8) is 0 Å². The van der Waals surface area contributed by atoms with Crippen molar-refractivity contribution in [1.82, 2.24) is 0 Å². The molecule has 0 spiro atoms. The topological polar surface area (TPSA) is 46.2 Å². The Morgan fingerprint density at radius 3 is 2.35 bits per heavy atom. The molecule has 1 rings (SSSR count). The van der Waals surface area contributed by atoms with Crippen LogP contribution < -0.4 is 5.73 Å². The molecule has 0 amide bonds. The highest BCUT2D eigenvalue weighted by molar-refractivity contribution is 6.30. The minimum absolute atomic E-state index is 0.0200. The standard InChI is InChI=1S/C13H19ClFNO/c1-12(2,16)13(3,6-7-17)9-4-5-11(15)10(14)8-9/h4-5,8,17H,6-7,16H2,1-3H3. The maximum atomic E-state index is 13.2. The molecule has 0 aromatic heterocycles. The number of hydrogen-bond donors (Lipinski definition) is 2. The molecule has 1 atom stereocenters. The Morgan fingerprint density at radius 2 is 1.94 bits per heavy atom. The first-order valence-corrected chi connectivity index (χ1v) is 5.95. The molecule has 0 aliphatic rings. The fourth-order valence-electron chi connectivity index (χ4n) is 1.90. The summed E-state index contributed by atoms with van der Waals surface area (Å²) in [5, 5.41) is 9.27. The van der Waals surface area contributed by atoms with Crippen molar-refractivity contribution >= 4 is 11.6 Å². The fraction of sp³-hybridized carbons (Fsp3) is 0.538. The summed E-state index contributed by atoms with van der Waals surface area (Å²) in [5.41, 5.74) is 6.01. The molecule has 96 valence electrons. The molecule has 0 heterocycles. The molecule has 0 bridgehead atoms. The van der Waals surface area contributed by atoms with Crippen LogP contribution in [0, 0.1) is 5.82 Å². The van der Waals surface area contributed by atoms with Crippen LogP contribution in [0.25, 0.3) is 0 Å². The van der Waals surface area contributed by atoms with E-state index in [9.17, 15) is 9.50 Å². The lowest BCUT2D eigenvalue weighted by atomic mass is 9.67. The Bertz CT molecular complexity index is 403. The quantitative estimate of drug-likeness (QED) is 0.873. The summed E-state index contributed by atoms with van der Waals surface area (Å²) >= 11 is 5.79. The number of halogens is 2. The van der Waals surface area contributed by atoms with Crippen LogP contribution in [0.2, 0.25) is 5.02 Å². The molecule has 0 saturated heterocycles. The molecule has 1 aromatic carbocycles. The summed E-state index contributed by atoms with van der Waals surface area (Å²) in [6.07, 6.45) is 0.498. The Kier molecular flexibility index (Phi) is 4.18. The molecule has 0 saturated carbocycles. The lowest BCUT2D eigenvalue weighted by Crippen LogP contribution is -2.52. The van der Waals surface area contributed by atoms with Gasteiger partial charge in [-0.05, 0) is 38.0 Å². The molecule has 4 heteroatoms. The molecule has 3 N–H and O–H groups in total. The summed E-state index contributed by atoms with van der Waals surface area (Å²) in [6, 6.07) is 4.59. The van der Waals surface area contributed by atoms with Crippen molar-refractivity contribution in [2.45, 2.75) is 38.1 Å². The van der Waals surface area contributed by atoms with Crippen molar-refractivity contribution in [3.05, 3.63) is 34.6 Å². The maximum Gasteiger partial charge on any atom is 0.141 e. The molecule has 0 radical (unpaired) electrons. The minimum atomic E-state index is -0.545. The number of rotatable bonds is 4.